The van der Waals surface area contributed by atoms with Crippen molar-refractivity contribution >= 4 is 11.7 Å². The maximum absolute atomic E-state index is 12.2. The number of aromatic amines is 2. The number of carbonyl (C=O) groups is 1. The van der Waals surface area contributed by atoms with E-state index in [1.807, 2.05) is 13.8 Å². The van der Waals surface area contributed by atoms with Crippen LogP contribution in [0, 0.1) is 13.8 Å². The first-order valence-corrected chi connectivity index (χ1v) is 6.22. The predicted octanol–water partition coefficient (Wildman–Crippen LogP) is 0.403. The van der Waals surface area contributed by atoms with E-state index < -0.39 is 0 Å². The molecule has 4 N–H and O–H groups in total. The number of aromatic nitrogens is 4. The van der Waals surface area contributed by atoms with Crippen molar-refractivity contribution in [2.75, 3.05) is 5.32 Å². The Morgan fingerprint density at radius 2 is 2.32 bits per heavy atom. The number of hydrogen-bond acceptors (Lipinski definition) is 4. The van der Waals surface area contributed by atoms with Gasteiger partial charge in [0.2, 0.25) is 5.91 Å². The Bertz CT molecular complexity index is 614. The fourth-order valence-corrected chi connectivity index (χ4v) is 2.17. The molecule has 7 heteroatoms. The average molecular weight is 260 g/mol. The molecule has 2 aromatic rings. The molecule has 19 heavy (non-hydrogen) atoms. The van der Waals surface area contributed by atoms with E-state index in [4.69, 9.17) is 0 Å². The average Bonchev–Trinajstić information content (AvgIpc) is 2.99. The van der Waals surface area contributed by atoms with Gasteiger partial charge in [-0.05, 0) is 13.8 Å². The summed E-state index contributed by atoms with van der Waals surface area (Å²) in [5, 5.41) is 13.0. The van der Waals surface area contributed by atoms with Gasteiger partial charge in [-0.25, -0.2) is 4.98 Å². The van der Waals surface area contributed by atoms with Crippen LogP contribution in [-0.4, -0.2) is 32.1 Å². The van der Waals surface area contributed by atoms with E-state index in [0.717, 1.165) is 22.6 Å². The van der Waals surface area contributed by atoms with Crippen molar-refractivity contribution in [1.29, 1.82) is 0 Å². The smallest absolute Gasteiger partial charge is 0.243 e. The number of amides is 1. The number of H-pyrrole nitrogens is 2. The van der Waals surface area contributed by atoms with Gasteiger partial charge < -0.3 is 10.3 Å². The molecular weight excluding hydrogens is 244 g/mol. The molecule has 0 saturated heterocycles. The van der Waals surface area contributed by atoms with E-state index in [0.29, 0.717) is 18.8 Å². The number of hydrogen-bond donors (Lipinski definition) is 4. The Kier molecular flexibility index (Phi) is 2.83. The highest BCUT2D eigenvalue weighted by Crippen LogP contribution is 2.16. The second-order valence-electron chi connectivity index (χ2n) is 4.78. The zero-order valence-electron chi connectivity index (χ0n) is 10.9. The molecule has 0 bridgehead atoms. The summed E-state index contributed by atoms with van der Waals surface area (Å²) < 4.78 is 0. The van der Waals surface area contributed by atoms with Crippen LogP contribution in [0.2, 0.25) is 0 Å². The number of rotatable bonds is 2. The SMILES string of the molecule is Cc1[nH]nc(NC(=O)C2Cc3nc[nH]c3CN2)c1C. The molecule has 1 amide bonds. The Hall–Kier alpha value is -2.15. The van der Waals surface area contributed by atoms with Gasteiger partial charge in [0.1, 0.15) is 0 Å². The van der Waals surface area contributed by atoms with Gasteiger partial charge in [-0.3, -0.25) is 15.2 Å². The number of carbonyl (C=O) groups excluding carboxylic acids is 1. The minimum Gasteiger partial charge on any atom is -0.347 e. The van der Waals surface area contributed by atoms with Gasteiger partial charge >= 0.3 is 0 Å². The van der Waals surface area contributed by atoms with Crippen molar-refractivity contribution in [2.45, 2.75) is 32.9 Å². The maximum atomic E-state index is 12.2. The zero-order chi connectivity index (χ0) is 13.4. The first-order chi connectivity index (χ1) is 9.15. The molecule has 1 unspecified atom stereocenters. The van der Waals surface area contributed by atoms with Crippen molar-refractivity contribution < 1.29 is 4.79 Å². The fourth-order valence-electron chi connectivity index (χ4n) is 2.17. The van der Waals surface area contributed by atoms with E-state index in [-0.39, 0.29) is 11.9 Å². The number of nitrogens with one attached hydrogen (secondary N) is 4. The van der Waals surface area contributed by atoms with Crippen LogP contribution in [-0.2, 0) is 17.8 Å². The lowest BCUT2D eigenvalue weighted by Gasteiger charge is -2.21. The molecule has 0 aromatic carbocycles. The molecule has 0 aliphatic carbocycles. The van der Waals surface area contributed by atoms with Crippen LogP contribution in [0.15, 0.2) is 6.33 Å². The lowest BCUT2D eigenvalue weighted by Crippen LogP contribution is -2.44. The lowest BCUT2D eigenvalue weighted by molar-refractivity contribution is -0.118. The zero-order valence-corrected chi connectivity index (χ0v) is 10.9. The van der Waals surface area contributed by atoms with Gasteiger partial charge in [0.25, 0.3) is 0 Å². The standard InChI is InChI=1S/C12H16N6O/c1-6-7(2)17-18-11(6)16-12(19)9-3-8-10(4-13-9)15-5-14-8/h5,9,13H,3-4H2,1-2H3,(H,14,15)(H2,16,17,18,19). The predicted molar refractivity (Wildman–Crippen MR) is 69.6 cm³/mol. The van der Waals surface area contributed by atoms with Gasteiger partial charge in [-0.2, -0.15) is 5.10 Å². The topological polar surface area (TPSA) is 98.5 Å². The highest BCUT2D eigenvalue weighted by Gasteiger charge is 2.26. The van der Waals surface area contributed by atoms with E-state index in [2.05, 4.69) is 30.8 Å². The molecule has 7 nitrogen and oxygen atoms in total. The van der Waals surface area contributed by atoms with E-state index >= 15 is 0 Å². The summed E-state index contributed by atoms with van der Waals surface area (Å²) in [7, 11) is 0. The van der Waals surface area contributed by atoms with Crippen LogP contribution in [0.25, 0.3) is 0 Å². The van der Waals surface area contributed by atoms with Crippen molar-refractivity contribution in [3.8, 4) is 0 Å². The van der Waals surface area contributed by atoms with Gasteiger partial charge in [0.05, 0.1) is 23.8 Å². The highest BCUT2D eigenvalue weighted by molar-refractivity contribution is 5.95. The van der Waals surface area contributed by atoms with Crippen LogP contribution in [0.4, 0.5) is 5.82 Å². The normalized spacial score (nSPS) is 18.1. The van der Waals surface area contributed by atoms with Crippen LogP contribution >= 0.6 is 0 Å². The number of imidazole rings is 1. The first-order valence-electron chi connectivity index (χ1n) is 6.22. The van der Waals surface area contributed by atoms with Crippen molar-refractivity contribution in [1.82, 2.24) is 25.5 Å². The quantitative estimate of drug-likeness (QED) is 0.628. The van der Waals surface area contributed by atoms with E-state index in [9.17, 15) is 4.79 Å². The number of aryl methyl sites for hydroxylation is 1. The summed E-state index contributed by atoms with van der Waals surface area (Å²) in [4.78, 5) is 19.5. The summed E-state index contributed by atoms with van der Waals surface area (Å²) in [5.41, 5.74) is 3.93. The molecule has 0 spiro atoms. The largest absolute Gasteiger partial charge is 0.347 e. The van der Waals surface area contributed by atoms with Gasteiger partial charge in [-0.15, -0.1) is 0 Å². The summed E-state index contributed by atoms with van der Waals surface area (Å²) in [6.07, 6.45) is 2.25. The van der Waals surface area contributed by atoms with Crippen molar-refractivity contribution in [3.05, 3.63) is 29.0 Å². The highest BCUT2D eigenvalue weighted by atomic mass is 16.2. The molecule has 0 radical (unpaired) electrons. The van der Waals surface area contributed by atoms with Crippen molar-refractivity contribution in [3.63, 3.8) is 0 Å². The lowest BCUT2D eigenvalue weighted by atomic mass is 10.0. The minimum absolute atomic E-state index is 0.0803. The molecular formula is C12H16N6O. The number of anilines is 1. The molecule has 0 fully saturated rings. The Labute approximate surface area is 110 Å². The molecule has 100 valence electrons. The van der Waals surface area contributed by atoms with Crippen LogP contribution in [0.1, 0.15) is 22.6 Å². The summed E-state index contributed by atoms with van der Waals surface area (Å²) in [5.74, 6) is 0.514. The Balaban J connectivity index is 1.71. The monoisotopic (exact) mass is 260 g/mol. The molecule has 3 heterocycles. The fraction of sp³-hybridized carbons (Fsp3) is 0.417. The van der Waals surface area contributed by atoms with Crippen LogP contribution < -0.4 is 10.6 Å². The number of nitrogens with zero attached hydrogens (tertiary/aromatic N) is 2. The molecule has 1 aliphatic heterocycles. The Morgan fingerprint density at radius 1 is 1.47 bits per heavy atom. The van der Waals surface area contributed by atoms with Crippen molar-refractivity contribution in [2.24, 2.45) is 0 Å². The first kappa shape index (κ1) is 11.9. The summed E-state index contributed by atoms with van der Waals surface area (Å²) in [6.45, 7) is 4.48. The van der Waals surface area contributed by atoms with Gasteiger partial charge in [0, 0.05) is 24.2 Å². The second-order valence-corrected chi connectivity index (χ2v) is 4.78. The Morgan fingerprint density at radius 3 is 3.05 bits per heavy atom. The van der Waals surface area contributed by atoms with E-state index in [1.54, 1.807) is 6.33 Å². The maximum Gasteiger partial charge on any atom is 0.243 e. The minimum atomic E-state index is -0.271. The van der Waals surface area contributed by atoms with Crippen LogP contribution in [0.5, 0.6) is 0 Å². The molecule has 2 aromatic heterocycles. The molecule has 1 atom stereocenters. The molecule has 1 aliphatic rings. The summed E-state index contributed by atoms with van der Waals surface area (Å²) in [6, 6.07) is -0.271. The van der Waals surface area contributed by atoms with Crippen LogP contribution in [0.3, 0.4) is 0 Å². The van der Waals surface area contributed by atoms with E-state index in [1.165, 1.54) is 0 Å². The third kappa shape index (κ3) is 2.12. The van der Waals surface area contributed by atoms with Gasteiger partial charge in [-0.1, -0.05) is 0 Å². The molecule has 3 rings (SSSR count). The second kappa shape index (κ2) is 4.51. The number of fused-ring (bicyclic) bond motifs is 1. The van der Waals surface area contributed by atoms with Gasteiger partial charge in [0.15, 0.2) is 5.82 Å². The molecule has 0 saturated carbocycles. The summed E-state index contributed by atoms with van der Waals surface area (Å²) >= 11 is 0. The third-order valence-corrected chi connectivity index (χ3v) is 3.54. The third-order valence-electron chi connectivity index (χ3n) is 3.54.